The first-order chi connectivity index (χ1) is 10.6. The minimum atomic E-state index is -4.09. The van der Waals surface area contributed by atoms with E-state index in [9.17, 15) is 22.0 Å². The zero-order chi connectivity index (χ0) is 18.9. The van der Waals surface area contributed by atoms with Crippen molar-refractivity contribution in [3.05, 3.63) is 33.8 Å². The van der Waals surface area contributed by atoms with E-state index < -0.39 is 33.4 Å². The number of carbonyl (C=O) groups is 1. The molecule has 1 aromatic carbocycles. The van der Waals surface area contributed by atoms with Crippen LogP contribution in [0.15, 0.2) is 18.2 Å². The van der Waals surface area contributed by atoms with Crippen LogP contribution in [0.3, 0.4) is 0 Å². The van der Waals surface area contributed by atoms with Gasteiger partial charge in [0.05, 0.1) is 6.26 Å². The fourth-order valence-corrected chi connectivity index (χ4v) is 3.06. The molecule has 10 heteroatoms. The van der Waals surface area contributed by atoms with E-state index in [1.54, 1.807) is 4.72 Å². The minimum Gasteiger partial charge on any atom is -0.346 e. The Hall–Kier alpha value is -0.960. The Morgan fingerprint density at radius 3 is 2.17 bits per heavy atom. The second kappa shape index (κ2) is 7.11. The van der Waals surface area contributed by atoms with E-state index in [4.69, 9.17) is 23.2 Å². The Labute approximate surface area is 149 Å². The van der Waals surface area contributed by atoms with Crippen LogP contribution >= 0.6 is 23.2 Å². The van der Waals surface area contributed by atoms with Crippen molar-refractivity contribution in [1.29, 1.82) is 0 Å². The number of alkyl halides is 2. The number of hydrogen-bond acceptors (Lipinski definition) is 3. The van der Waals surface area contributed by atoms with E-state index in [2.05, 4.69) is 5.32 Å². The summed E-state index contributed by atoms with van der Waals surface area (Å²) in [5.41, 5.74) is -1.19. The maximum absolute atomic E-state index is 14.7. The lowest BCUT2D eigenvalue weighted by atomic mass is 9.99. The number of rotatable bonds is 5. The van der Waals surface area contributed by atoms with Gasteiger partial charge >= 0.3 is 5.92 Å². The fourth-order valence-electron chi connectivity index (χ4n) is 1.84. The van der Waals surface area contributed by atoms with Crippen molar-refractivity contribution in [3.63, 3.8) is 0 Å². The standard InChI is InChI=1S/C14H18Cl2F2N2O3S/c1-13(2,3)19-12(21)14(17,18)11(20-24(4,22)23)9-6-5-8(15)7-10(9)16/h5-7,11,20H,1-4H3,(H,19,21). The third kappa shape index (κ3) is 5.84. The number of benzene rings is 1. The van der Waals surface area contributed by atoms with Crippen LogP contribution in [0.4, 0.5) is 8.78 Å². The SMILES string of the molecule is CC(C)(C)NC(=O)C(F)(F)C(NS(C)(=O)=O)c1ccc(Cl)cc1Cl. The van der Waals surface area contributed by atoms with Crippen LogP contribution in [0.1, 0.15) is 32.4 Å². The van der Waals surface area contributed by atoms with Gasteiger partial charge in [-0.2, -0.15) is 8.78 Å². The van der Waals surface area contributed by atoms with Gasteiger partial charge in [0, 0.05) is 15.6 Å². The summed E-state index contributed by atoms with van der Waals surface area (Å²) in [6.07, 6.45) is 0.710. The second-order valence-corrected chi connectivity index (χ2v) is 8.94. The highest BCUT2D eigenvalue weighted by molar-refractivity contribution is 7.88. The molecule has 2 N–H and O–H groups in total. The van der Waals surface area contributed by atoms with Gasteiger partial charge < -0.3 is 5.32 Å². The van der Waals surface area contributed by atoms with Gasteiger partial charge in [-0.05, 0) is 38.5 Å². The summed E-state index contributed by atoms with van der Waals surface area (Å²) in [6.45, 7) is 4.57. The minimum absolute atomic E-state index is 0.185. The first kappa shape index (κ1) is 21.1. The Balaban J connectivity index is 3.39. The van der Waals surface area contributed by atoms with Gasteiger partial charge in [-0.1, -0.05) is 29.3 Å². The van der Waals surface area contributed by atoms with Crippen molar-refractivity contribution in [1.82, 2.24) is 10.0 Å². The average Bonchev–Trinajstić information content (AvgIpc) is 2.33. The molecule has 0 aliphatic heterocycles. The Bertz CT molecular complexity index is 734. The normalized spacial score (nSPS) is 14.3. The maximum atomic E-state index is 14.7. The van der Waals surface area contributed by atoms with E-state index in [1.165, 1.54) is 32.9 Å². The van der Waals surface area contributed by atoms with Gasteiger partial charge in [0.2, 0.25) is 10.0 Å². The number of hydrogen-bond donors (Lipinski definition) is 2. The Morgan fingerprint density at radius 1 is 1.21 bits per heavy atom. The molecule has 0 spiro atoms. The zero-order valence-corrected chi connectivity index (χ0v) is 15.8. The summed E-state index contributed by atoms with van der Waals surface area (Å²) in [4.78, 5) is 12.0. The number of carbonyl (C=O) groups excluding carboxylic acids is 1. The molecule has 0 aliphatic rings. The van der Waals surface area contributed by atoms with Crippen LogP contribution in [-0.2, 0) is 14.8 Å². The molecule has 1 aromatic rings. The van der Waals surface area contributed by atoms with Gasteiger partial charge in [0.15, 0.2) is 0 Å². The summed E-state index contributed by atoms with van der Waals surface area (Å²) < 4.78 is 54.1. The number of halogens is 4. The highest BCUT2D eigenvalue weighted by Crippen LogP contribution is 2.37. The summed E-state index contributed by atoms with van der Waals surface area (Å²) in [5.74, 6) is -5.71. The molecule has 0 radical (unpaired) electrons. The highest BCUT2D eigenvalue weighted by atomic mass is 35.5. The summed E-state index contributed by atoms with van der Waals surface area (Å²) in [6, 6.07) is 1.43. The van der Waals surface area contributed by atoms with E-state index in [-0.39, 0.29) is 15.6 Å². The number of nitrogens with one attached hydrogen (secondary N) is 2. The fraction of sp³-hybridized carbons (Fsp3) is 0.500. The molecule has 1 unspecified atom stereocenters. The van der Waals surface area contributed by atoms with E-state index in [0.717, 1.165) is 6.07 Å². The molecule has 5 nitrogen and oxygen atoms in total. The average molecular weight is 403 g/mol. The topological polar surface area (TPSA) is 75.3 Å². The lowest BCUT2D eigenvalue weighted by Gasteiger charge is -2.30. The predicted molar refractivity (Wildman–Crippen MR) is 90.0 cm³/mol. The van der Waals surface area contributed by atoms with Gasteiger partial charge in [0.25, 0.3) is 5.91 Å². The first-order valence-electron chi connectivity index (χ1n) is 6.76. The maximum Gasteiger partial charge on any atom is 0.344 e. The van der Waals surface area contributed by atoms with Crippen molar-refractivity contribution in [2.45, 2.75) is 38.3 Å². The molecule has 1 atom stereocenters. The molecule has 0 saturated carbocycles. The largest absolute Gasteiger partial charge is 0.346 e. The molecule has 0 aliphatic carbocycles. The highest BCUT2D eigenvalue weighted by Gasteiger charge is 2.50. The quantitative estimate of drug-likeness (QED) is 0.793. The second-order valence-electron chi connectivity index (χ2n) is 6.32. The molecular formula is C14H18Cl2F2N2O3S. The smallest absolute Gasteiger partial charge is 0.344 e. The monoisotopic (exact) mass is 402 g/mol. The molecule has 1 rings (SSSR count). The molecule has 0 aromatic heterocycles. The lowest BCUT2D eigenvalue weighted by molar-refractivity contribution is -0.151. The molecule has 0 fully saturated rings. The van der Waals surface area contributed by atoms with E-state index >= 15 is 0 Å². The van der Waals surface area contributed by atoms with Crippen molar-refractivity contribution in [2.75, 3.05) is 6.26 Å². The van der Waals surface area contributed by atoms with Crippen molar-refractivity contribution >= 4 is 39.1 Å². The van der Waals surface area contributed by atoms with Crippen molar-refractivity contribution < 1.29 is 22.0 Å². The first-order valence-corrected chi connectivity index (χ1v) is 9.41. The van der Waals surface area contributed by atoms with Gasteiger partial charge in [-0.3, -0.25) is 4.79 Å². The Kier molecular flexibility index (Phi) is 6.25. The van der Waals surface area contributed by atoms with Crippen LogP contribution in [0.25, 0.3) is 0 Å². The van der Waals surface area contributed by atoms with Crippen molar-refractivity contribution in [2.24, 2.45) is 0 Å². The van der Waals surface area contributed by atoms with Crippen LogP contribution < -0.4 is 10.0 Å². The van der Waals surface area contributed by atoms with E-state index in [0.29, 0.717) is 6.26 Å². The van der Waals surface area contributed by atoms with Gasteiger partial charge in [-0.15, -0.1) is 0 Å². The third-order valence-electron chi connectivity index (χ3n) is 2.76. The van der Waals surface area contributed by atoms with Crippen LogP contribution in [0.5, 0.6) is 0 Å². The molecule has 0 bridgehead atoms. The van der Waals surface area contributed by atoms with Crippen molar-refractivity contribution in [3.8, 4) is 0 Å². The molecule has 136 valence electrons. The zero-order valence-electron chi connectivity index (χ0n) is 13.5. The third-order valence-corrected chi connectivity index (χ3v) is 3.99. The molecule has 0 heterocycles. The summed E-state index contributed by atoms with van der Waals surface area (Å²) in [7, 11) is -4.06. The summed E-state index contributed by atoms with van der Waals surface area (Å²) >= 11 is 11.6. The Morgan fingerprint density at radius 2 is 1.75 bits per heavy atom. The lowest BCUT2D eigenvalue weighted by Crippen LogP contribution is -2.54. The van der Waals surface area contributed by atoms with Gasteiger partial charge in [-0.25, -0.2) is 13.1 Å². The van der Waals surface area contributed by atoms with Crippen LogP contribution in [0, 0.1) is 0 Å². The molecule has 0 saturated heterocycles. The van der Waals surface area contributed by atoms with Crippen LogP contribution in [-0.4, -0.2) is 32.0 Å². The molecular weight excluding hydrogens is 385 g/mol. The van der Waals surface area contributed by atoms with E-state index in [1.807, 2.05) is 0 Å². The van der Waals surface area contributed by atoms with Gasteiger partial charge in [0.1, 0.15) is 6.04 Å². The number of sulfonamides is 1. The molecule has 1 amide bonds. The predicted octanol–water partition coefficient (Wildman–Crippen LogP) is 3.13. The summed E-state index contributed by atoms with van der Waals surface area (Å²) in [5, 5.41) is 2.13. The van der Waals surface area contributed by atoms with Crippen LogP contribution in [0.2, 0.25) is 10.0 Å². The number of amides is 1. The molecule has 24 heavy (non-hydrogen) atoms.